The predicted octanol–water partition coefficient (Wildman–Crippen LogP) is 5.89. The highest BCUT2D eigenvalue weighted by molar-refractivity contribution is 5.94. The minimum atomic E-state index is -1.77. The van der Waals surface area contributed by atoms with Gasteiger partial charge in [-0.15, -0.1) is 0 Å². The van der Waals surface area contributed by atoms with Crippen molar-refractivity contribution in [2.75, 3.05) is 13.2 Å². The number of amides is 4. The van der Waals surface area contributed by atoms with Gasteiger partial charge in [0.25, 0.3) is 0 Å². The van der Waals surface area contributed by atoms with E-state index in [9.17, 15) is 38.6 Å². The number of ether oxygens (including phenoxy) is 1. The molecule has 0 aliphatic rings. The van der Waals surface area contributed by atoms with Gasteiger partial charge >= 0.3 is 12.1 Å². The molecule has 5 N–H and O–H groups in total. The molecule has 1 heterocycles. The highest BCUT2D eigenvalue weighted by Gasteiger charge is 2.43. The Labute approximate surface area is 342 Å². The van der Waals surface area contributed by atoms with Crippen LogP contribution in [0, 0.1) is 23.0 Å². The van der Waals surface area contributed by atoms with Crippen LogP contribution in [0.15, 0.2) is 91.1 Å². The highest BCUT2D eigenvalue weighted by atomic mass is 19.1. The zero-order valence-electron chi connectivity index (χ0n) is 34.1. The Morgan fingerprint density at radius 3 is 2.05 bits per heavy atom. The summed E-state index contributed by atoms with van der Waals surface area (Å²) < 4.78 is 36.8. The molecule has 0 saturated heterocycles. The number of aromatic nitrogens is 1. The summed E-state index contributed by atoms with van der Waals surface area (Å²) in [6.45, 7) is 8.77. The molecular formula is C44H53F2N5O8. The maximum absolute atomic E-state index is 15.2. The number of carboxylic acids is 1. The molecule has 0 bridgehead atoms. The molecule has 4 aromatic rings. The van der Waals surface area contributed by atoms with E-state index in [0.29, 0.717) is 16.8 Å². The second-order valence-corrected chi connectivity index (χ2v) is 15.8. The number of nitrogens with two attached hydrogens (primary N) is 1. The number of nitrogens with one attached hydrogen (secondary N) is 1. The molecule has 316 valence electrons. The summed E-state index contributed by atoms with van der Waals surface area (Å²) in [6.07, 6.45) is 0.230. The van der Waals surface area contributed by atoms with Crippen molar-refractivity contribution >= 4 is 29.8 Å². The maximum Gasteiger partial charge on any atom is 0.408 e. The molecule has 3 aromatic carbocycles. The van der Waals surface area contributed by atoms with Crippen molar-refractivity contribution in [2.45, 2.75) is 85.3 Å². The molecule has 4 rings (SSSR count). The lowest BCUT2D eigenvalue weighted by molar-refractivity contribution is -0.156. The summed E-state index contributed by atoms with van der Waals surface area (Å²) in [5, 5.41) is 23.5. The Kier molecular flexibility index (Phi) is 15.5. The number of rotatable bonds is 18. The Morgan fingerprint density at radius 2 is 1.51 bits per heavy atom. The van der Waals surface area contributed by atoms with Crippen LogP contribution in [0.1, 0.15) is 70.8 Å². The van der Waals surface area contributed by atoms with Gasteiger partial charge in [-0.25, -0.2) is 18.4 Å². The number of aliphatic hydroxyl groups is 1. The topological polar surface area (TPSA) is 184 Å². The first-order chi connectivity index (χ1) is 27.8. The molecule has 0 aliphatic heterocycles. The quantitative estimate of drug-likeness (QED) is 0.0959. The van der Waals surface area contributed by atoms with Crippen LogP contribution in [-0.2, 0) is 37.1 Å². The molecule has 15 heteroatoms. The van der Waals surface area contributed by atoms with Crippen LogP contribution in [0.2, 0.25) is 0 Å². The second-order valence-electron chi connectivity index (χ2n) is 15.8. The SMILES string of the molecule is CC(C)[C@H](NC(=O)OCc1ccccc1)C(=O)N([C@@H](C)C(N)=O)[C@@H](CCN(C(=O)CO)[C@@H](c1cc(-c2cc(F)ccc2F)cn1Cc1ccccc1)C(C)(C)C)C(=O)O. The number of benzene rings is 3. The summed E-state index contributed by atoms with van der Waals surface area (Å²) in [5.41, 5.74) is 7.12. The molecule has 13 nitrogen and oxygen atoms in total. The van der Waals surface area contributed by atoms with E-state index in [1.807, 2.05) is 51.1 Å². The average molecular weight is 818 g/mol. The number of hydrogen-bond donors (Lipinski definition) is 4. The number of carbonyl (C=O) groups excluding carboxylic acids is 4. The molecule has 0 unspecified atom stereocenters. The molecule has 4 amide bonds. The third-order valence-electron chi connectivity index (χ3n) is 10.00. The monoisotopic (exact) mass is 817 g/mol. The Bertz CT molecular complexity index is 2090. The number of hydrogen-bond acceptors (Lipinski definition) is 7. The Morgan fingerprint density at radius 1 is 0.898 bits per heavy atom. The van der Waals surface area contributed by atoms with Crippen LogP contribution >= 0.6 is 0 Å². The lowest BCUT2D eigenvalue weighted by atomic mass is 9.82. The lowest BCUT2D eigenvalue weighted by Gasteiger charge is -2.42. The van der Waals surface area contributed by atoms with Gasteiger partial charge in [0, 0.05) is 36.1 Å². The smallest absolute Gasteiger partial charge is 0.408 e. The van der Waals surface area contributed by atoms with E-state index >= 15 is 4.39 Å². The van der Waals surface area contributed by atoms with E-state index in [1.54, 1.807) is 61.0 Å². The van der Waals surface area contributed by atoms with Gasteiger partial charge in [0.05, 0.1) is 6.04 Å². The van der Waals surface area contributed by atoms with Crippen LogP contribution in [0.3, 0.4) is 0 Å². The summed E-state index contributed by atoms with van der Waals surface area (Å²) in [6, 6.07) is 17.3. The zero-order valence-corrected chi connectivity index (χ0v) is 34.1. The van der Waals surface area contributed by atoms with Gasteiger partial charge < -0.3 is 40.4 Å². The highest BCUT2D eigenvalue weighted by Crippen LogP contribution is 2.41. The maximum atomic E-state index is 15.2. The van der Waals surface area contributed by atoms with Gasteiger partial charge in [-0.05, 0) is 60.1 Å². The molecular weight excluding hydrogens is 765 g/mol. The summed E-state index contributed by atoms with van der Waals surface area (Å²) in [4.78, 5) is 69.0. The van der Waals surface area contributed by atoms with Crippen molar-refractivity contribution in [3.63, 3.8) is 0 Å². The predicted molar refractivity (Wildman–Crippen MR) is 216 cm³/mol. The minimum absolute atomic E-state index is 0.0245. The van der Waals surface area contributed by atoms with Gasteiger partial charge in [0.15, 0.2) is 0 Å². The Hall–Kier alpha value is -6.09. The standard InChI is InChI=1S/C44H53F2N5O8/c1-27(2)38(48-43(58)59-26-30-15-11-8-12-16-30)41(55)51(28(3)40(47)54)35(42(56)57)19-20-50(37(53)25-52)39(44(4,5)6)36-21-31(33-22-32(45)17-18-34(33)46)24-49(36)23-29-13-9-7-10-14-29/h7-18,21-22,24,27-28,35,38-39,52H,19-20,23,25-26H2,1-6H3,(H2,47,54)(H,48,58)(H,56,57)/t28-,35-,38-,39-/m0/s1. The van der Waals surface area contributed by atoms with Crippen molar-refractivity contribution in [1.82, 2.24) is 19.7 Å². The molecule has 0 fully saturated rings. The van der Waals surface area contributed by atoms with Crippen LogP contribution in [0.25, 0.3) is 11.1 Å². The molecule has 0 spiro atoms. The fourth-order valence-electron chi connectivity index (χ4n) is 7.06. The fourth-order valence-corrected chi connectivity index (χ4v) is 7.06. The third-order valence-corrected chi connectivity index (χ3v) is 10.00. The number of carbonyl (C=O) groups is 5. The zero-order chi connectivity index (χ0) is 43.6. The molecule has 4 atom stereocenters. The number of carboxylic acid groups (broad SMARTS) is 1. The number of aliphatic carboxylic acids is 1. The Balaban J connectivity index is 1.76. The molecule has 0 saturated carbocycles. The second kappa shape index (κ2) is 20.1. The van der Waals surface area contributed by atoms with E-state index in [2.05, 4.69) is 5.32 Å². The van der Waals surface area contributed by atoms with E-state index in [0.717, 1.165) is 28.7 Å². The fraction of sp³-hybridized carbons (Fsp3) is 0.386. The van der Waals surface area contributed by atoms with Crippen molar-refractivity contribution in [3.05, 3.63) is 120 Å². The van der Waals surface area contributed by atoms with Gasteiger partial charge in [-0.2, -0.15) is 0 Å². The van der Waals surface area contributed by atoms with Crippen molar-refractivity contribution in [3.8, 4) is 11.1 Å². The molecule has 0 radical (unpaired) electrons. The number of alkyl carbamates (subject to hydrolysis) is 1. The number of aliphatic hydroxyl groups excluding tert-OH is 1. The van der Waals surface area contributed by atoms with Crippen molar-refractivity contribution in [2.24, 2.45) is 17.1 Å². The first kappa shape index (κ1) is 45.6. The summed E-state index contributed by atoms with van der Waals surface area (Å²) in [7, 11) is 0. The van der Waals surface area contributed by atoms with Gasteiger partial charge in [0.2, 0.25) is 17.7 Å². The largest absolute Gasteiger partial charge is 0.480 e. The lowest BCUT2D eigenvalue weighted by Crippen LogP contribution is -2.61. The van der Waals surface area contributed by atoms with Crippen molar-refractivity contribution in [1.29, 1.82) is 0 Å². The first-order valence-corrected chi connectivity index (χ1v) is 19.2. The van der Waals surface area contributed by atoms with Crippen LogP contribution in [-0.4, -0.2) is 85.6 Å². The first-order valence-electron chi connectivity index (χ1n) is 19.2. The number of primary amides is 1. The van der Waals surface area contributed by atoms with Gasteiger partial charge in [0.1, 0.15) is 43.0 Å². The van der Waals surface area contributed by atoms with E-state index in [-0.39, 0.29) is 25.3 Å². The van der Waals surface area contributed by atoms with Crippen molar-refractivity contribution < 1.29 is 47.7 Å². The summed E-state index contributed by atoms with van der Waals surface area (Å²) in [5.74, 6) is -6.22. The molecule has 0 aliphatic carbocycles. The normalized spacial score (nSPS) is 13.5. The third kappa shape index (κ3) is 11.7. The van der Waals surface area contributed by atoms with E-state index in [4.69, 9.17) is 10.5 Å². The number of halogens is 2. The average Bonchev–Trinajstić information content (AvgIpc) is 3.59. The summed E-state index contributed by atoms with van der Waals surface area (Å²) >= 11 is 0. The van der Waals surface area contributed by atoms with E-state index in [1.165, 1.54) is 11.8 Å². The van der Waals surface area contributed by atoms with E-state index < -0.39 is 89.9 Å². The van der Waals surface area contributed by atoms with Crippen LogP contribution in [0.5, 0.6) is 0 Å². The minimum Gasteiger partial charge on any atom is -0.480 e. The number of nitrogens with zero attached hydrogens (tertiary/aromatic N) is 3. The van der Waals surface area contributed by atoms with Gasteiger partial charge in [-0.3, -0.25) is 14.4 Å². The molecule has 1 aromatic heterocycles. The van der Waals surface area contributed by atoms with Crippen LogP contribution in [0.4, 0.5) is 13.6 Å². The van der Waals surface area contributed by atoms with Gasteiger partial charge in [-0.1, -0.05) is 95.3 Å². The van der Waals surface area contributed by atoms with Crippen LogP contribution < -0.4 is 11.1 Å². The molecule has 59 heavy (non-hydrogen) atoms.